The Balaban J connectivity index is 2.02. The third-order valence-corrected chi connectivity index (χ3v) is 3.65. The highest BCUT2D eigenvalue weighted by molar-refractivity contribution is 6.31. The van der Waals surface area contributed by atoms with Crippen LogP contribution in [0, 0.1) is 6.92 Å². The van der Waals surface area contributed by atoms with Crippen molar-refractivity contribution < 1.29 is 4.74 Å². The minimum atomic E-state index is 0.331. The quantitative estimate of drug-likeness (QED) is 0.860. The van der Waals surface area contributed by atoms with E-state index in [0.717, 1.165) is 29.1 Å². The standard InChI is InChI=1S/C14H20ClNO/c1-9-4-5-12(8-14(9)15)16-13-6-10(2)17-11(3)7-13/h4-5,8,10-11,13,16H,6-7H2,1-3H3. The van der Waals surface area contributed by atoms with Gasteiger partial charge in [0.05, 0.1) is 12.2 Å². The highest BCUT2D eigenvalue weighted by Crippen LogP contribution is 2.25. The Labute approximate surface area is 108 Å². The predicted octanol–water partition coefficient (Wildman–Crippen LogP) is 4.02. The van der Waals surface area contributed by atoms with Crippen molar-refractivity contribution in [1.29, 1.82) is 0 Å². The van der Waals surface area contributed by atoms with E-state index in [1.54, 1.807) is 0 Å². The van der Waals surface area contributed by atoms with E-state index in [2.05, 4.69) is 31.3 Å². The number of nitrogens with one attached hydrogen (secondary N) is 1. The number of aryl methyl sites for hydroxylation is 1. The zero-order chi connectivity index (χ0) is 12.4. The minimum absolute atomic E-state index is 0.331. The Morgan fingerprint density at radius 2 is 1.88 bits per heavy atom. The monoisotopic (exact) mass is 253 g/mol. The summed E-state index contributed by atoms with van der Waals surface area (Å²) in [7, 11) is 0. The Hall–Kier alpha value is -0.730. The van der Waals surface area contributed by atoms with Crippen LogP contribution < -0.4 is 5.32 Å². The topological polar surface area (TPSA) is 21.3 Å². The largest absolute Gasteiger partial charge is 0.382 e. The van der Waals surface area contributed by atoms with Gasteiger partial charge in [-0.3, -0.25) is 0 Å². The second-order valence-electron chi connectivity index (χ2n) is 5.03. The second kappa shape index (κ2) is 5.28. The molecule has 1 heterocycles. The van der Waals surface area contributed by atoms with Crippen LogP contribution in [0.2, 0.25) is 5.02 Å². The van der Waals surface area contributed by atoms with Crippen LogP contribution in [0.4, 0.5) is 5.69 Å². The predicted molar refractivity (Wildman–Crippen MR) is 72.8 cm³/mol. The van der Waals surface area contributed by atoms with E-state index in [0.29, 0.717) is 18.2 Å². The molecule has 1 aromatic rings. The molecular formula is C14H20ClNO. The average molecular weight is 254 g/mol. The van der Waals surface area contributed by atoms with Gasteiger partial charge in [-0.25, -0.2) is 0 Å². The van der Waals surface area contributed by atoms with Crippen molar-refractivity contribution >= 4 is 17.3 Å². The molecule has 2 atom stereocenters. The normalized spacial score (nSPS) is 29.1. The van der Waals surface area contributed by atoms with E-state index in [1.807, 2.05) is 13.0 Å². The minimum Gasteiger partial charge on any atom is -0.382 e. The van der Waals surface area contributed by atoms with Crippen molar-refractivity contribution in [2.24, 2.45) is 0 Å². The number of benzene rings is 1. The van der Waals surface area contributed by atoms with Crippen LogP contribution in [0.3, 0.4) is 0 Å². The van der Waals surface area contributed by atoms with Crippen molar-refractivity contribution in [3.63, 3.8) is 0 Å². The molecule has 0 bridgehead atoms. The highest BCUT2D eigenvalue weighted by Gasteiger charge is 2.24. The lowest BCUT2D eigenvalue weighted by molar-refractivity contribution is -0.0337. The molecule has 0 aromatic heterocycles. The lowest BCUT2D eigenvalue weighted by atomic mass is 9.99. The molecule has 3 heteroatoms. The number of rotatable bonds is 2. The summed E-state index contributed by atoms with van der Waals surface area (Å²) in [6.07, 6.45) is 2.76. The molecule has 2 nitrogen and oxygen atoms in total. The highest BCUT2D eigenvalue weighted by atomic mass is 35.5. The zero-order valence-electron chi connectivity index (χ0n) is 10.7. The van der Waals surface area contributed by atoms with Gasteiger partial charge in [-0.2, -0.15) is 0 Å². The van der Waals surface area contributed by atoms with Gasteiger partial charge in [-0.1, -0.05) is 17.7 Å². The molecule has 0 aliphatic carbocycles. The molecule has 0 radical (unpaired) electrons. The summed E-state index contributed by atoms with van der Waals surface area (Å²) in [6, 6.07) is 6.62. The van der Waals surface area contributed by atoms with E-state index in [1.165, 1.54) is 0 Å². The summed E-state index contributed by atoms with van der Waals surface area (Å²) < 4.78 is 5.73. The number of halogens is 1. The summed E-state index contributed by atoms with van der Waals surface area (Å²) in [5.74, 6) is 0. The van der Waals surface area contributed by atoms with E-state index < -0.39 is 0 Å². The molecule has 2 rings (SSSR count). The molecule has 1 aliphatic rings. The fourth-order valence-electron chi connectivity index (χ4n) is 2.44. The van der Waals surface area contributed by atoms with Gasteiger partial charge in [-0.15, -0.1) is 0 Å². The number of hydrogen-bond acceptors (Lipinski definition) is 2. The van der Waals surface area contributed by atoms with Gasteiger partial charge < -0.3 is 10.1 Å². The molecule has 1 aromatic carbocycles. The summed E-state index contributed by atoms with van der Waals surface area (Å²) in [5, 5.41) is 4.37. The Kier molecular flexibility index (Phi) is 3.95. The first kappa shape index (κ1) is 12.7. The molecule has 0 amide bonds. The Bertz CT molecular complexity index is 384. The number of hydrogen-bond donors (Lipinski definition) is 1. The average Bonchev–Trinajstić information content (AvgIpc) is 2.22. The van der Waals surface area contributed by atoms with E-state index >= 15 is 0 Å². The smallest absolute Gasteiger partial charge is 0.0570 e. The first-order chi connectivity index (χ1) is 8.04. The van der Waals surface area contributed by atoms with Crippen LogP contribution in [0.5, 0.6) is 0 Å². The molecule has 1 N–H and O–H groups in total. The summed E-state index contributed by atoms with van der Waals surface area (Å²) in [4.78, 5) is 0. The third kappa shape index (κ3) is 3.36. The molecule has 1 aliphatic heterocycles. The Morgan fingerprint density at radius 1 is 1.24 bits per heavy atom. The van der Waals surface area contributed by atoms with E-state index in [-0.39, 0.29) is 0 Å². The molecule has 94 valence electrons. The van der Waals surface area contributed by atoms with Crippen LogP contribution in [-0.4, -0.2) is 18.2 Å². The van der Waals surface area contributed by atoms with Gasteiger partial charge in [0.15, 0.2) is 0 Å². The molecule has 0 spiro atoms. The van der Waals surface area contributed by atoms with Crippen LogP contribution in [0.15, 0.2) is 18.2 Å². The van der Waals surface area contributed by atoms with Crippen molar-refractivity contribution in [3.05, 3.63) is 28.8 Å². The lowest BCUT2D eigenvalue weighted by Gasteiger charge is -2.33. The lowest BCUT2D eigenvalue weighted by Crippen LogP contribution is -2.36. The zero-order valence-corrected chi connectivity index (χ0v) is 11.4. The van der Waals surface area contributed by atoms with E-state index in [4.69, 9.17) is 16.3 Å². The number of anilines is 1. The third-order valence-electron chi connectivity index (χ3n) is 3.24. The molecule has 2 unspecified atom stereocenters. The summed E-state index contributed by atoms with van der Waals surface area (Å²) >= 11 is 6.12. The Morgan fingerprint density at radius 3 is 2.47 bits per heavy atom. The van der Waals surface area contributed by atoms with Gasteiger partial charge in [0.25, 0.3) is 0 Å². The van der Waals surface area contributed by atoms with Crippen LogP contribution in [0.1, 0.15) is 32.3 Å². The van der Waals surface area contributed by atoms with Crippen molar-refractivity contribution in [3.8, 4) is 0 Å². The summed E-state index contributed by atoms with van der Waals surface area (Å²) in [5.41, 5.74) is 2.22. The van der Waals surface area contributed by atoms with Crippen molar-refractivity contribution in [2.45, 2.75) is 51.9 Å². The van der Waals surface area contributed by atoms with E-state index in [9.17, 15) is 0 Å². The van der Waals surface area contributed by atoms with Crippen LogP contribution in [0.25, 0.3) is 0 Å². The van der Waals surface area contributed by atoms with Gasteiger partial charge in [0.2, 0.25) is 0 Å². The summed E-state index contributed by atoms with van der Waals surface area (Å²) in [6.45, 7) is 6.28. The van der Waals surface area contributed by atoms with Gasteiger partial charge >= 0.3 is 0 Å². The molecule has 1 fully saturated rings. The molecular weight excluding hydrogens is 234 g/mol. The fourth-order valence-corrected chi connectivity index (χ4v) is 2.62. The van der Waals surface area contributed by atoms with Crippen molar-refractivity contribution in [1.82, 2.24) is 0 Å². The van der Waals surface area contributed by atoms with Gasteiger partial charge in [-0.05, 0) is 51.3 Å². The number of ether oxygens (including phenoxy) is 1. The maximum Gasteiger partial charge on any atom is 0.0570 e. The van der Waals surface area contributed by atoms with Crippen LogP contribution in [-0.2, 0) is 4.74 Å². The first-order valence-electron chi connectivity index (χ1n) is 6.22. The maximum atomic E-state index is 6.12. The molecule has 0 saturated carbocycles. The molecule has 17 heavy (non-hydrogen) atoms. The molecule has 1 saturated heterocycles. The maximum absolute atomic E-state index is 6.12. The van der Waals surface area contributed by atoms with Gasteiger partial charge in [0.1, 0.15) is 0 Å². The van der Waals surface area contributed by atoms with Crippen LogP contribution >= 0.6 is 11.6 Å². The SMILES string of the molecule is Cc1ccc(NC2CC(C)OC(C)C2)cc1Cl. The first-order valence-corrected chi connectivity index (χ1v) is 6.60. The van der Waals surface area contributed by atoms with Crippen molar-refractivity contribution in [2.75, 3.05) is 5.32 Å². The fraction of sp³-hybridized carbons (Fsp3) is 0.571. The second-order valence-corrected chi connectivity index (χ2v) is 5.44. The van der Waals surface area contributed by atoms with Gasteiger partial charge in [0, 0.05) is 16.8 Å².